The first-order chi connectivity index (χ1) is 15.9. The van der Waals surface area contributed by atoms with E-state index in [2.05, 4.69) is 44.5 Å². The van der Waals surface area contributed by atoms with Gasteiger partial charge in [-0.3, -0.25) is 4.79 Å². The smallest absolute Gasteiger partial charge is 0.405 e. The lowest BCUT2D eigenvalue weighted by molar-refractivity contribution is -0.142. The van der Waals surface area contributed by atoms with Gasteiger partial charge in [0.1, 0.15) is 17.5 Å². The van der Waals surface area contributed by atoms with E-state index in [9.17, 15) is 14.7 Å². The summed E-state index contributed by atoms with van der Waals surface area (Å²) in [6.07, 6.45) is -1.15. The highest BCUT2D eigenvalue weighted by atomic mass is 32.2. The monoisotopic (exact) mass is 514 g/mol. The summed E-state index contributed by atoms with van der Waals surface area (Å²) < 4.78 is 23.1. The maximum absolute atomic E-state index is 12.3. The molecule has 9 nitrogen and oxygen atoms in total. The molecule has 0 fully saturated rings. The second-order valence-corrected chi connectivity index (χ2v) is 15.5. The third-order valence-corrected chi connectivity index (χ3v) is 11.6. The van der Waals surface area contributed by atoms with Crippen molar-refractivity contribution in [3.63, 3.8) is 0 Å². The molecule has 0 unspecified atom stereocenters. The zero-order chi connectivity index (χ0) is 25.5. The van der Waals surface area contributed by atoms with Gasteiger partial charge in [-0.25, -0.2) is 4.79 Å². The van der Waals surface area contributed by atoms with E-state index >= 15 is 0 Å². The van der Waals surface area contributed by atoms with E-state index in [4.69, 9.17) is 18.6 Å². The molecule has 34 heavy (non-hydrogen) atoms. The largest absolute Gasteiger partial charge is 0.543 e. The van der Waals surface area contributed by atoms with Crippen molar-refractivity contribution >= 4 is 32.1 Å². The Balaban J connectivity index is 2.44. The van der Waals surface area contributed by atoms with Gasteiger partial charge in [0.15, 0.2) is 0 Å². The molecule has 0 bridgehead atoms. The molecule has 0 saturated heterocycles. The molecule has 3 N–H and O–H groups in total. The molecule has 0 aromatic heterocycles. The fraction of sp³-hybridized carbons (Fsp3) is 0.652. The van der Waals surface area contributed by atoms with Gasteiger partial charge in [-0.15, -0.1) is 0 Å². The number of thioether (sulfide) groups is 1. The molecular formula is C23H38N2O7SSi. The first-order valence-corrected chi connectivity index (χ1v) is 15.3. The number of carbonyl (C=O) groups excluding carboxylic acids is 1. The van der Waals surface area contributed by atoms with Crippen molar-refractivity contribution in [3.8, 4) is 11.5 Å². The zero-order valence-electron chi connectivity index (χ0n) is 21.1. The minimum atomic E-state index is -2.14. The molecule has 0 spiro atoms. The highest BCUT2D eigenvalue weighted by molar-refractivity contribution is 7.98. The Kier molecular flexibility index (Phi) is 10.1. The molecule has 1 aliphatic rings. The lowest BCUT2D eigenvalue weighted by Gasteiger charge is -2.37. The summed E-state index contributed by atoms with van der Waals surface area (Å²) in [5.41, 5.74) is 1.90. The Labute approximate surface area is 207 Å². The van der Waals surface area contributed by atoms with Crippen molar-refractivity contribution in [3.05, 3.63) is 23.3 Å². The van der Waals surface area contributed by atoms with Crippen molar-refractivity contribution in [1.82, 2.24) is 10.6 Å². The van der Waals surface area contributed by atoms with Crippen molar-refractivity contribution in [2.24, 2.45) is 0 Å². The third-order valence-electron chi connectivity index (χ3n) is 6.21. The summed E-state index contributed by atoms with van der Waals surface area (Å²) in [5, 5.41) is 14.8. The van der Waals surface area contributed by atoms with Crippen molar-refractivity contribution in [2.45, 2.75) is 63.3 Å². The molecule has 1 aliphatic heterocycles. The molecule has 1 amide bonds. The van der Waals surface area contributed by atoms with Crippen LogP contribution in [0.4, 0.5) is 4.79 Å². The van der Waals surface area contributed by atoms with Gasteiger partial charge in [0.2, 0.25) is 8.32 Å². The lowest BCUT2D eigenvalue weighted by atomic mass is 10.1. The van der Waals surface area contributed by atoms with E-state index in [1.165, 1.54) is 7.11 Å². The van der Waals surface area contributed by atoms with Crippen LogP contribution in [-0.4, -0.2) is 70.7 Å². The van der Waals surface area contributed by atoms with Crippen molar-refractivity contribution < 1.29 is 33.3 Å². The fourth-order valence-electron chi connectivity index (χ4n) is 3.16. The lowest BCUT2D eigenvalue weighted by Crippen LogP contribution is -2.50. The number of hydrogen-bond donors (Lipinski definition) is 3. The van der Waals surface area contributed by atoms with Crippen LogP contribution >= 0.6 is 11.8 Å². The summed E-state index contributed by atoms with van der Waals surface area (Å²) in [7, 11) is 0.810. The summed E-state index contributed by atoms with van der Waals surface area (Å²) in [6.45, 7) is 11.6. The second-order valence-electron chi connectivity index (χ2n) is 9.79. The summed E-state index contributed by atoms with van der Waals surface area (Å²) in [6, 6.07) is 2.72. The molecule has 1 aromatic carbocycles. The second kappa shape index (κ2) is 12.1. The molecule has 2 atom stereocenters. The summed E-state index contributed by atoms with van der Waals surface area (Å²) >= 11 is 1.58. The van der Waals surface area contributed by atoms with Gasteiger partial charge < -0.3 is 34.4 Å². The molecule has 0 radical (unpaired) electrons. The van der Waals surface area contributed by atoms with Gasteiger partial charge in [-0.2, -0.15) is 11.8 Å². The quantitative estimate of drug-likeness (QED) is 0.400. The number of ether oxygens (including phenoxy) is 3. The van der Waals surface area contributed by atoms with Crippen LogP contribution in [0.5, 0.6) is 11.5 Å². The number of amides is 1. The van der Waals surface area contributed by atoms with Crippen molar-refractivity contribution in [1.29, 1.82) is 0 Å². The van der Waals surface area contributed by atoms with E-state index in [-0.39, 0.29) is 24.8 Å². The number of carbonyl (C=O) groups is 2. The Morgan fingerprint density at radius 3 is 2.56 bits per heavy atom. The van der Waals surface area contributed by atoms with Crippen LogP contribution in [0.1, 0.15) is 31.9 Å². The summed E-state index contributed by atoms with van der Waals surface area (Å²) in [4.78, 5) is 23.5. The third kappa shape index (κ3) is 7.79. The van der Waals surface area contributed by atoms with Crippen LogP contribution in [0.2, 0.25) is 18.1 Å². The van der Waals surface area contributed by atoms with Gasteiger partial charge in [0, 0.05) is 29.7 Å². The van der Waals surface area contributed by atoms with Crippen molar-refractivity contribution in [2.75, 3.05) is 33.1 Å². The first kappa shape index (κ1) is 28.3. The van der Waals surface area contributed by atoms with E-state index in [1.54, 1.807) is 18.9 Å². The van der Waals surface area contributed by atoms with E-state index < -0.39 is 32.5 Å². The Morgan fingerprint density at radius 1 is 1.26 bits per heavy atom. The van der Waals surface area contributed by atoms with Crippen LogP contribution in [0.25, 0.3) is 0 Å². The Morgan fingerprint density at radius 2 is 1.97 bits per heavy atom. The average Bonchev–Trinajstić information content (AvgIpc) is 2.73. The number of esters is 1. The Bertz CT molecular complexity index is 860. The maximum atomic E-state index is 12.3. The number of rotatable bonds is 5. The van der Waals surface area contributed by atoms with Crippen LogP contribution < -0.4 is 19.8 Å². The topological polar surface area (TPSA) is 115 Å². The van der Waals surface area contributed by atoms with Crippen LogP contribution in [0.15, 0.2) is 12.1 Å². The molecule has 2 rings (SSSR count). The molecule has 0 aliphatic carbocycles. The van der Waals surface area contributed by atoms with Gasteiger partial charge in [0.25, 0.3) is 0 Å². The molecule has 192 valence electrons. The fourth-order valence-corrected chi connectivity index (χ4v) is 5.34. The number of hydrogen-bond acceptors (Lipinski definition) is 8. The van der Waals surface area contributed by atoms with Gasteiger partial charge in [-0.05, 0) is 29.8 Å². The number of carboxylic acid groups (broad SMARTS) is 1. The van der Waals surface area contributed by atoms with E-state index in [0.29, 0.717) is 17.3 Å². The maximum Gasteiger partial charge on any atom is 0.405 e. The number of nitrogens with one attached hydrogen (secondary N) is 2. The van der Waals surface area contributed by atoms with Crippen LogP contribution in [0.3, 0.4) is 0 Å². The standard InChI is InChI=1S/C23H38N2O7SSi/c1-23(2,3)34(6,7)32-20-9-17(29-4)8-15-11-31-12-16(25-22(27)28)10-24-19(21(26)30-5)14-33-13-18(15)20/h8-9,16,19,24-25H,10-14H2,1-7H3,(H,27,28)/t16-,19+/m1/s1. The number of benzene rings is 1. The Hall–Kier alpha value is -1.95. The van der Waals surface area contributed by atoms with Gasteiger partial charge in [-0.1, -0.05) is 20.8 Å². The van der Waals surface area contributed by atoms with Crippen LogP contribution in [0, 0.1) is 0 Å². The molecule has 1 aromatic rings. The predicted octanol–water partition coefficient (Wildman–Crippen LogP) is 3.61. The highest BCUT2D eigenvalue weighted by Gasteiger charge is 2.39. The molecule has 1 heterocycles. The molecule has 0 saturated carbocycles. The summed E-state index contributed by atoms with van der Waals surface area (Å²) in [5.74, 6) is 2.10. The zero-order valence-corrected chi connectivity index (χ0v) is 23.0. The average molecular weight is 515 g/mol. The normalized spacial score (nSPS) is 20.2. The number of methoxy groups -OCH3 is 2. The minimum Gasteiger partial charge on any atom is -0.543 e. The first-order valence-electron chi connectivity index (χ1n) is 11.2. The minimum absolute atomic E-state index is 0.00755. The van der Waals surface area contributed by atoms with Gasteiger partial charge >= 0.3 is 12.1 Å². The predicted molar refractivity (Wildman–Crippen MR) is 135 cm³/mol. The van der Waals surface area contributed by atoms with E-state index in [0.717, 1.165) is 16.9 Å². The van der Waals surface area contributed by atoms with Gasteiger partial charge in [0.05, 0.1) is 33.5 Å². The van der Waals surface area contributed by atoms with Crippen LogP contribution in [-0.2, 0) is 26.6 Å². The highest BCUT2D eigenvalue weighted by Crippen LogP contribution is 2.41. The molecular weight excluding hydrogens is 476 g/mol. The van der Waals surface area contributed by atoms with E-state index in [1.807, 2.05) is 12.1 Å². The molecule has 11 heteroatoms. The SMILES string of the molecule is COC(=O)[C@@H]1CSCc2c(cc(OC)cc2O[Si](C)(C)C(C)(C)C)COC[C@H](NC(=O)O)CN1. The number of fused-ring (bicyclic) bond motifs is 1.